The van der Waals surface area contributed by atoms with Gasteiger partial charge < -0.3 is 5.21 Å². The predicted molar refractivity (Wildman–Crippen MR) is 43.1 cm³/mol. The van der Waals surface area contributed by atoms with Crippen LogP contribution in [-0.2, 0) is 0 Å². The molecule has 2 nitrogen and oxygen atoms in total. The number of hydrogen-bond acceptors (Lipinski definition) is 2. The van der Waals surface area contributed by atoms with Gasteiger partial charge in [-0.25, -0.2) is 5.48 Å². The molecule has 0 saturated carbocycles. The van der Waals surface area contributed by atoms with Gasteiger partial charge in [-0.2, -0.15) is 0 Å². The topological polar surface area (TPSA) is 32.3 Å². The molecule has 0 rings (SSSR count). The second-order valence-corrected chi connectivity index (χ2v) is 2.96. The van der Waals surface area contributed by atoms with Crippen LogP contribution >= 0.6 is 0 Å². The Morgan fingerprint density at radius 2 is 2.10 bits per heavy atom. The molecule has 0 aliphatic heterocycles. The van der Waals surface area contributed by atoms with E-state index in [1.807, 2.05) is 0 Å². The Morgan fingerprint density at radius 3 is 2.60 bits per heavy atom. The van der Waals surface area contributed by atoms with Gasteiger partial charge in [0.05, 0.1) is 0 Å². The van der Waals surface area contributed by atoms with Crippen LogP contribution in [0.4, 0.5) is 0 Å². The monoisotopic (exact) mass is 145 g/mol. The number of hydroxylamine groups is 1. The minimum absolute atomic E-state index is 0.608. The highest BCUT2D eigenvalue weighted by molar-refractivity contribution is 4.52. The van der Waals surface area contributed by atoms with Gasteiger partial charge in [-0.15, -0.1) is 0 Å². The van der Waals surface area contributed by atoms with Gasteiger partial charge in [-0.1, -0.05) is 33.1 Å². The summed E-state index contributed by atoms with van der Waals surface area (Å²) in [5, 5.41) is 8.34. The molecule has 0 spiro atoms. The van der Waals surface area contributed by atoms with Crippen molar-refractivity contribution in [1.82, 2.24) is 5.48 Å². The van der Waals surface area contributed by atoms with Crippen LogP contribution in [0.15, 0.2) is 0 Å². The first kappa shape index (κ1) is 9.92. The fourth-order valence-corrected chi connectivity index (χ4v) is 1.00. The summed E-state index contributed by atoms with van der Waals surface area (Å²) >= 11 is 0. The SMILES string of the molecule is CCCCC[C@@H](C)CNO. The van der Waals surface area contributed by atoms with Gasteiger partial charge >= 0.3 is 0 Å². The first-order valence-corrected chi connectivity index (χ1v) is 4.18. The van der Waals surface area contributed by atoms with Crippen LogP contribution in [0.5, 0.6) is 0 Å². The number of hydrogen-bond donors (Lipinski definition) is 2. The molecule has 2 heteroatoms. The third-order valence-electron chi connectivity index (χ3n) is 1.74. The normalized spacial score (nSPS) is 13.5. The van der Waals surface area contributed by atoms with E-state index in [4.69, 9.17) is 5.21 Å². The lowest BCUT2D eigenvalue weighted by Gasteiger charge is -2.07. The maximum Gasteiger partial charge on any atom is 0.0233 e. The molecule has 0 aromatic rings. The van der Waals surface area contributed by atoms with Gasteiger partial charge in [0, 0.05) is 6.54 Å². The van der Waals surface area contributed by atoms with Gasteiger partial charge in [0.1, 0.15) is 0 Å². The van der Waals surface area contributed by atoms with E-state index >= 15 is 0 Å². The molecule has 0 aliphatic carbocycles. The van der Waals surface area contributed by atoms with Crippen LogP contribution in [0.2, 0.25) is 0 Å². The Morgan fingerprint density at radius 1 is 1.40 bits per heavy atom. The van der Waals surface area contributed by atoms with Crippen molar-refractivity contribution in [2.75, 3.05) is 6.54 Å². The van der Waals surface area contributed by atoms with E-state index in [1.54, 1.807) is 0 Å². The molecular formula is C8H19NO. The van der Waals surface area contributed by atoms with Crippen molar-refractivity contribution in [3.05, 3.63) is 0 Å². The van der Waals surface area contributed by atoms with Crippen LogP contribution in [0.1, 0.15) is 39.5 Å². The summed E-state index contributed by atoms with van der Waals surface area (Å²) in [7, 11) is 0. The van der Waals surface area contributed by atoms with Gasteiger partial charge in [0.25, 0.3) is 0 Å². The van der Waals surface area contributed by atoms with E-state index in [0.717, 1.165) is 6.54 Å². The maximum absolute atomic E-state index is 8.34. The van der Waals surface area contributed by atoms with Crippen LogP contribution in [0, 0.1) is 5.92 Å². The van der Waals surface area contributed by atoms with Gasteiger partial charge in [0.2, 0.25) is 0 Å². The Labute approximate surface area is 63.6 Å². The third kappa shape index (κ3) is 6.05. The molecule has 0 heterocycles. The predicted octanol–water partition coefficient (Wildman–Crippen LogP) is 2.18. The molecule has 0 saturated heterocycles. The number of nitrogens with one attached hydrogen (secondary N) is 1. The summed E-state index contributed by atoms with van der Waals surface area (Å²) in [6.45, 7) is 5.08. The molecule has 0 unspecified atom stereocenters. The van der Waals surface area contributed by atoms with Crippen LogP contribution < -0.4 is 5.48 Å². The fraction of sp³-hybridized carbons (Fsp3) is 1.00. The standard InChI is InChI=1S/C8H19NO/c1-3-4-5-6-8(2)7-9-10/h8-10H,3-7H2,1-2H3/t8-/m1/s1. The highest BCUT2D eigenvalue weighted by atomic mass is 16.5. The van der Waals surface area contributed by atoms with Gasteiger partial charge in [-0.3, -0.25) is 0 Å². The zero-order valence-corrected chi connectivity index (χ0v) is 7.06. The van der Waals surface area contributed by atoms with E-state index in [0.29, 0.717) is 5.92 Å². The van der Waals surface area contributed by atoms with Crippen molar-refractivity contribution in [3.8, 4) is 0 Å². The van der Waals surface area contributed by atoms with Crippen LogP contribution in [0.25, 0.3) is 0 Å². The second-order valence-electron chi connectivity index (χ2n) is 2.96. The van der Waals surface area contributed by atoms with E-state index in [2.05, 4.69) is 19.3 Å². The fourth-order valence-electron chi connectivity index (χ4n) is 1.00. The average molecular weight is 145 g/mol. The van der Waals surface area contributed by atoms with Crippen molar-refractivity contribution in [3.63, 3.8) is 0 Å². The third-order valence-corrected chi connectivity index (χ3v) is 1.74. The summed E-state index contributed by atoms with van der Waals surface area (Å²) in [6.07, 6.45) is 5.11. The van der Waals surface area contributed by atoms with Crippen molar-refractivity contribution in [2.24, 2.45) is 5.92 Å². The molecular weight excluding hydrogens is 126 g/mol. The lowest BCUT2D eigenvalue weighted by Crippen LogP contribution is -2.16. The summed E-state index contributed by atoms with van der Waals surface area (Å²) in [4.78, 5) is 0. The Kier molecular flexibility index (Phi) is 6.98. The molecule has 0 amide bonds. The molecule has 0 fully saturated rings. The Balaban J connectivity index is 2.97. The number of rotatable bonds is 6. The van der Waals surface area contributed by atoms with E-state index in [1.165, 1.54) is 25.7 Å². The molecule has 0 radical (unpaired) electrons. The average Bonchev–Trinajstić information content (AvgIpc) is 1.89. The van der Waals surface area contributed by atoms with Gasteiger partial charge in [0.15, 0.2) is 0 Å². The summed E-state index contributed by atoms with van der Waals surface area (Å²) in [5.41, 5.74) is 2.19. The highest BCUT2D eigenvalue weighted by Gasteiger charge is 1.98. The Bertz CT molecular complexity index is 66.3. The molecule has 0 aromatic heterocycles. The molecule has 0 aromatic carbocycles. The van der Waals surface area contributed by atoms with E-state index in [9.17, 15) is 0 Å². The Hall–Kier alpha value is -0.0800. The molecule has 0 aliphatic rings. The zero-order chi connectivity index (χ0) is 7.82. The van der Waals surface area contributed by atoms with Crippen LogP contribution in [0.3, 0.4) is 0 Å². The largest absolute Gasteiger partial charge is 0.317 e. The minimum Gasteiger partial charge on any atom is -0.317 e. The van der Waals surface area contributed by atoms with Crippen molar-refractivity contribution >= 4 is 0 Å². The maximum atomic E-state index is 8.34. The molecule has 2 N–H and O–H groups in total. The summed E-state index contributed by atoms with van der Waals surface area (Å²) in [5.74, 6) is 0.608. The van der Waals surface area contributed by atoms with E-state index < -0.39 is 0 Å². The van der Waals surface area contributed by atoms with Crippen molar-refractivity contribution in [2.45, 2.75) is 39.5 Å². The van der Waals surface area contributed by atoms with Crippen molar-refractivity contribution in [1.29, 1.82) is 0 Å². The smallest absolute Gasteiger partial charge is 0.0233 e. The minimum atomic E-state index is 0.608. The number of unbranched alkanes of at least 4 members (excludes halogenated alkanes) is 2. The summed E-state index contributed by atoms with van der Waals surface area (Å²) in [6, 6.07) is 0. The molecule has 10 heavy (non-hydrogen) atoms. The summed E-state index contributed by atoms with van der Waals surface area (Å²) < 4.78 is 0. The van der Waals surface area contributed by atoms with Crippen LogP contribution in [-0.4, -0.2) is 11.8 Å². The zero-order valence-electron chi connectivity index (χ0n) is 7.06. The molecule has 1 atom stereocenters. The first-order chi connectivity index (χ1) is 4.81. The first-order valence-electron chi connectivity index (χ1n) is 4.18. The second kappa shape index (κ2) is 7.03. The quantitative estimate of drug-likeness (QED) is 0.443. The molecule has 62 valence electrons. The van der Waals surface area contributed by atoms with E-state index in [-0.39, 0.29) is 0 Å². The molecule has 0 bridgehead atoms. The highest BCUT2D eigenvalue weighted by Crippen LogP contribution is 2.07. The van der Waals surface area contributed by atoms with Gasteiger partial charge in [-0.05, 0) is 12.3 Å². The lowest BCUT2D eigenvalue weighted by atomic mass is 10.0. The lowest BCUT2D eigenvalue weighted by molar-refractivity contribution is 0.149. The van der Waals surface area contributed by atoms with Crippen molar-refractivity contribution < 1.29 is 5.21 Å².